The highest BCUT2D eigenvalue weighted by Crippen LogP contribution is 2.00. The first-order chi connectivity index (χ1) is 6.67. The van der Waals surface area contributed by atoms with Gasteiger partial charge in [0.25, 0.3) is 5.56 Å². The van der Waals surface area contributed by atoms with Crippen LogP contribution in [0.3, 0.4) is 0 Å². The first-order valence-corrected chi connectivity index (χ1v) is 4.44. The van der Waals surface area contributed by atoms with Crippen LogP contribution >= 0.6 is 0 Å². The van der Waals surface area contributed by atoms with Crippen LogP contribution in [0.15, 0.2) is 35.3 Å². The quantitative estimate of drug-likeness (QED) is 0.677. The van der Waals surface area contributed by atoms with Crippen LogP contribution < -0.4 is 5.56 Å². The molecule has 1 rings (SSSR count). The summed E-state index contributed by atoms with van der Waals surface area (Å²) < 4.78 is 1.50. The van der Waals surface area contributed by atoms with E-state index in [-0.39, 0.29) is 5.56 Å². The van der Waals surface area contributed by atoms with E-state index in [9.17, 15) is 4.79 Å². The van der Waals surface area contributed by atoms with Crippen molar-refractivity contribution >= 4 is 0 Å². The van der Waals surface area contributed by atoms with E-state index in [4.69, 9.17) is 5.26 Å². The van der Waals surface area contributed by atoms with Crippen LogP contribution in [0.1, 0.15) is 18.9 Å². The molecule has 3 heteroatoms. The van der Waals surface area contributed by atoms with E-state index in [0.717, 1.165) is 12.0 Å². The molecule has 0 radical (unpaired) electrons. The number of nitrogens with zero attached hydrogens (tertiary/aromatic N) is 2. The minimum atomic E-state index is -0.0985. The van der Waals surface area contributed by atoms with Gasteiger partial charge in [-0.3, -0.25) is 4.79 Å². The Hall–Kier alpha value is -1.82. The number of rotatable bonds is 3. The van der Waals surface area contributed by atoms with E-state index >= 15 is 0 Å². The zero-order valence-corrected chi connectivity index (χ0v) is 8.16. The van der Waals surface area contributed by atoms with Gasteiger partial charge in [0.05, 0.1) is 5.56 Å². The Labute approximate surface area is 82.9 Å². The molecule has 3 nitrogen and oxygen atoms in total. The molecule has 0 aliphatic rings. The van der Waals surface area contributed by atoms with Crippen molar-refractivity contribution in [1.82, 2.24) is 4.57 Å². The first kappa shape index (κ1) is 10.3. The number of allylic oxidation sites excluding steroid dienone is 1. The molecule has 0 aromatic carbocycles. The highest BCUT2D eigenvalue weighted by Gasteiger charge is 1.98. The van der Waals surface area contributed by atoms with Gasteiger partial charge in [-0.15, -0.1) is 0 Å². The van der Waals surface area contributed by atoms with E-state index < -0.39 is 0 Å². The Morgan fingerprint density at radius 2 is 2.36 bits per heavy atom. The van der Waals surface area contributed by atoms with E-state index in [1.54, 1.807) is 6.20 Å². The van der Waals surface area contributed by atoms with Crippen LogP contribution in [0.4, 0.5) is 0 Å². The number of nitriles is 1. The molecule has 0 fully saturated rings. The molecule has 0 saturated carbocycles. The van der Waals surface area contributed by atoms with Crippen molar-refractivity contribution in [3.05, 3.63) is 46.4 Å². The molecule has 1 aromatic heterocycles. The van der Waals surface area contributed by atoms with Gasteiger partial charge in [0.2, 0.25) is 0 Å². The smallest absolute Gasteiger partial charge is 0.250 e. The van der Waals surface area contributed by atoms with Crippen molar-refractivity contribution in [2.24, 2.45) is 0 Å². The summed E-state index contributed by atoms with van der Waals surface area (Å²) in [6.45, 7) is 6.30. The Morgan fingerprint density at radius 1 is 1.64 bits per heavy atom. The lowest BCUT2D eigenvalue weighted by atomic mass is 10.2. The largest absolute Gasteiger partial charge is 0.310 e. The second kappa shape index (κ2) is 4.43. The molecule has 0 bridgehead atoms. The van der Waals surface area contributed by atoms with Crippen molar-refractivity contribution in [3.8, 4) is 6.07 Å². The fraction of sp³-hybridized carbons (Fsp3) is 0.273. The molecule has 0 amide bonds. The molecule has 14 heavy (non-hydrogen) atoms. The van der Waals surface area contributed by atoms with Gasteiger partial charge in [-0.25, -0.2) is 0 Å². The summed E-state index contributed by atoms with van der Waals surface area (Å²) in [5.41, 5.74) is 1.37. The number of pyridine rings is 1. The Kier molecular flexibility index (Phi) is 3.24. The third-order valence-corrected chi connectivity index (χ3v) is 2.01. The number of aromatic nitrogens is 1. The van der Waals surface area contributed by atoms with Crippen LogP contribution in [0, 0.1) is 11.3 Å². The van der Waals surface area contributed by atoms with Crippen molar-refractivity contribution in [1.29, 1.82) is 5.26 Å². The highest BCUT2D eigenvalue weighted by molar-refractivity contribution is 5.25. The van der Waals surface area contributed by atoms with Gasteiger partial charge in [-0.2, -0.15) is 5.26 Å². The molecular weight excluding hydrogens is 176 g/mol. The predicted molar refractivity (Wildman–Crippen MR) is 54.8 cm³/mol. The van der Waals surface area contributed by atoms with E-state index in [2.05, 4.69) is 6.58 Å². The van der Waals surface area contributed by atoms with E-state index in [0.29, 0.717) is 12.1 Å². The average Bonchev–Trinajstić information content (AvgIpc) is 2.21. The third kappa shape index (κ3) is 2.33. The molecular formula is C11H12N2O. The Bertz CT molecular complexity index is 437. The minimum absolute atomic E-state index is 0.0985. The van der Waals surface area contributed by atoms with Crippen LogP contribution in [0.5, 0.6) is 0 Å². The maximum atomic E-state index is 11.4. The summed E-state index contributed by atoms with van der Waals surface area (Å²) in [7, 11) is 0. The summed E-state index contributed by atoms with van der Waals surface area (Å²) in [4.78, 5) is 11.4. The molecule has 0 aliphatic heterocycles. The monoisotopic (exact) mass is 188 g/mol. The molecule has 72 valence electrons. The lowest BCUT2D eigenvalue weighted by Crippen LogP contribution is -2.19. The zero-order valence-electron chi connectivity index (χ0n) is 8.16. The summed E-state index contributed by atoms with van der Waals surface area (Å²) in [5.74, 6) is 0. The van der Waals surface area contributed by atoms with Gasteiger partial charge in [0, 0.05) is 18.8 Å². The van der Waals surface area contributed by atoms with Gasteiger partial charge in [0.15, 0.2) is 0 Å². The summed E-state index contributed by atoms with van der Waals surface area (Å²) in [5, 5.41) is 8.66. The molecule has 0 spiro atoms. The normalized spacial score (nSPS) is 9.43. The lowest BCUT2D eigenvalue weighted by molar-refractivity contribution is 0.726. The maximum Gasteiger partial charge on any atom is 0.250 e. The number of hydrogen-bond acceptors (Lipinski definition) is 2. The first-order valence-electron chi connectivity index (χ1n) is 4.44. The van der Waals surface area contributed by atoms with Crippen LogP contribution in [0.25, 0.3) is 0 Å². The van der Waals surface area contributed by atoms with Gasteiger partial charge < -0.3 is 4.57 Å². The second-order valence-corrected chi connectivity index (χ2v) is 3.10. The van der Waals surface area contributed by atoms with Crippen LogP contribution in [-0.2, 0) is 6.54 Å². The predicted octanol–water partition coefficient (Wildman–Crippen LogP) is 1.69. The molecule has 0 N–H and O–H groups in total. The molecule has 1 heterocycles. The number of hydrogen-bond donors (Lipinski definition) is 0. The van der Waals surface area contributed by atoms with E-state index in [1.807, 2.05) is 13.0 Å². The minimum Gasteiger partial charge on any atom is -0.310 e. The summed E-state index contributed by atoms with van der Waals surface area (Å²) in [6, 6.07) is 4.92. The standard InChI is InChI=1S/C11H12N2O/c1-3-9(2)7-13-8-10(6-12)4-5-11(13)14/h4-5,8H,2-3,7H2,1H3. The van der Waals surface area contributed by atoms with Gasteiger partial charge in [0.1, 0.15) is 6.07 Å². The average molecular weight is 188 g/mol. The van der Waals surface area contributed by atoms with Gasteiger partial charge in [-0.1, -0.05) is 19.1 Å². The SMILES string of the molecule is C=C(CC)Cn1cc(C#N)ccc1=O. The van der Waals surface area contributed by atoms with Crippen molar-refractivity contribution < 1.29 is 0 Å². The fourth-order valence-corrected chi connectivity index (χ4v) is 1.07. The molecule has 1 aromatic rings. The summed E-state index contributed by atoms with van der Waals surface area (Å²) in [6.07, 6.45) is 2.40. The van der Waals surface area contributed by atoms with Gasteiger partial charge >= 0.3 is 0 Å². The van der Waals surface area contributed by atoms with Crippen molar-refractivity contribution in [2.45, 2.75) is 19.9 Å². The highest BCUT2D eigenvalue weighted by atomic mass is 16.1. The maximum absolute atomic E-state index is 11.4. The lowest BCUT2D eigenvalue weighted by Gasteiger charge is -2.06. The second-order valence-electron chi connectivity index (χ2n) is 3.10. The summed E-state index contributed by atoms with van der Waals surface area (Å²) >= 11 is 0. The molecule has 0 saturated heterocycles. The molecule has 0 unspecified atom stereocenters. The molecule has 0 atom stereocenters. The van der Waals surface area contributed by atoms with Crippen LogP contribution in [0.2, 0.25) is 0 Å². The fourth-order valence-electron chi connectivity index (χ4n) is 1.07. The van der Waals surface area contributed by atoms with Crippen molar-refractivity contribution in [2.75, 3.05) is 0 Å². The topological polar surface area (TPSA) is 45.8 Å². The third-order valence-electron chi connectivity index (χ3n) is 2.01. The van der Waals surface area contributed by atoms with E-state index in [1.165, 1.54) is 16.7 Å². The molecule has 0 aliphatic carbocycles. The van der Waals surface area contributed by atoms with Crippen LogP contribution in [-0.4, -0.2) is 4.57 Å². The van der Waals surface area contributed by atoms with Crippen molar-refractivity contribution in [3.63, 3.8) is 0 Å². The van der Waals surface area contributed by atoms with Gasteiger partial charge in [-0.05, 0) is 12.5 Å². The zero-order chi connectivity index (χ0) is 10.6. The Balaban J connectivity index is 3.02. The Morgan fingerprint density at radius 3 is 2.93 bits per heavy atom.